The third kappa shape index (κ3) is 1.33. The Morgan fingerprint density at radius 2 is 2.33 bits per heavy atom. The summed E-state index contributed by atoms with van der Waals surface area (Å²) in [5.41, 5.74) is 2.19. The lowest BCUT2D eigenvalue weighted by Crippen LogP contribution is -2.07. The van der Waals surface area contributed by atoms with Gasteiger partial charge in [0.2, 0.25) is 0 Å². The molecule has 0 unspecified atom stereocenters. The molecule has 1 aliphatic heterocycles. The van der Waals surface area contributed by atoms with Crippen LogP contribution in [0.3, 0.4) is 0 Å². The van der Waals surface area contributed by atoms with Gasteiger partial charge in [-0.2, -0.15) is 0 Å². The van der Waals surface area contributed by atoms with Crippen LogP contribution in [0.1, 0.15) is 12.8 Å². The van der Waals surface area contributed by atoms with E-state index in [0.717, 1.165) is 18.7 Å². The van der Waals surface area contributed by atoms with Crippen LogP contribution < -0.4 is 0 Å². The maximum atomic E-state index is 9.33. The summed E-state index contributed by atoms with van der Waals surface area (Å²) in [6.45, 7) is 0.861. The van der Waals surface area contributed by atoms with E-state index in [2.05, 4.69) is 11.1 Å². The Balaban J connectivity index is 2.33. The van der Waals surface area contributed by atoms with E-state index in [1.54, 1.807) is 6.08 Å². The van der Waals surface area contributed by atoms with E-state index in [1.807, 2.05) is 12.2 Å². The zero-order valence-corrected chi connectivity index (χ0v) is 6.83. The Labute approximate surface area is 71.6 Å². The smallest absolute Gasteiger partial charge is 0.0982 e. The second kappa shape index (κ2) is 2.97. The Hall–Kier alpha value is -1.31. The van der Waals surface area contributed by atoms with Crippen molar-refractivity contribution in [2.75, 3.05) is 6.54 Å². The largest absolute Gasteiger partial charge is 0.512 e. The first kappa shape index (κ1) is 7.35. The minimum atomic E-state index is 0.398. The van der Waals surface area contributed by atoms with Crippen LogP contribution in [-0.2, 0) is 0 Å². The van der Waals surface area contributed by atoms with Crippen LogP contribution in [0.2, 0.25) is 0 Å². The first-order valence-corrected chi connectivity index (χ1v) is 4.16. The lowest BCUT2D eigenvalue weighted by molar-refractivity contribution is 0.405. The predicted molar refractivity (Wildman–Crippen MR) is 49.5 cm³/mol. The molecule has 0 bridgehead atoms. The molecule has 1 heterocycles. The summed E-state index contributed by atoms with van der Waals surface area (Å²) in [7, 11) is 0. The molecule has 0 atom stereocenters. The second-order valence-electron chi connectivity index (χ2n) is 2.97. The van der Waals surface area contributed by atoms with Gasteiger partial charge >= 0.3 is 0 Å². The fourth-order valence-electron chi connectivity index (χ4n) is 1.44. The average Bonchev–Trinajstić information content (AvgIpc) is 2.25. The van der Waals surface area contributed by atoms with E-state index in [-0.39, 0.29) is 0 Å². The van der Waals surface area contributed by atoms with E-state index < -0.39 is 0 Å². The highest BCUT2D eigenvalue weighted by atomic mass is 16.3. The number of fused-ring (bicyclic) bond motifs is 1. The minimum absolute atomic E-state index is 0.398. The summed E-state index contributed by atoms with van der Waals surface area (Å²) in [6, 6.07) is 0. The van der Waals surface area contributed by atoms with Crippen molar-refractivity contribution in [3.05, 3.63) is 35.6 Å². The molecule has 0 spiro atoms. The van der Waals surface area contributed by atoms with Crippen molar-refractivity contribution in [3.8, 4) is 0 Å². The Bertz CT molecular complexity index is 308. The van der Waals surface area contributed by atoms with Crippen molar-refractivity contribution < 1.29 is 5.11 Å². The first-order valence-electron chi connectivity index (χ1n) is 4.16. The van der Waals surface area contributed by atoms with Gasteiger partial charge in [-0.3, -0.25) is 4.99 Å². The molecule has 0 aromatic rings. The molecule has 0 amide bonds. The van der Waals surface area contributed by atoms with Crippen molar-refractivity contribution in [2.45, 2.75) is 12.8 Å². The summed E-state index contributed by atoms with van der Waals surface area (Å²) in [5.74, 6) is 0.398. The van der Waals surface area contributed by atoms with Crippen molar-refractivity contribution in [3.63, 3.8) is 0 Å². The fourth-order valence-corrected chi connectivity index (χ4v) is 1.44. The predicted octanol–water partition coefficient (Wildman–Crippen LogP) is 2.16. The molecular formula is C10H11NO. The summed E-state index contributed by atoms with van der Waals surface area (Å²) in [5, 5.41) is 9.33. The number of allylic oxidation sites excluding steroid dienone is 5. The quantitative estimate of drug-likeness (QED) is 0.580. The molecular weight excluding hydrogens is 150 g/mol. The number of nitrogens with zero attached hydrogens (tertiary/aromatic N) is 1. The molecule has 1 N–H and O–H groups in total. The molecule has 0 aromatic heterocycles. The zero-order valence-electron chi connectivity index (χ0n) is 6.83. The molecule has 2 rings (SSSR count). The van der Waals surface area contributed by atoms with Crippen LogP contribution in [0, 0.1) is 0 Å². The third-order valence-corrected chi connectivity index (χ3v) is 2.04. The van der Waals surface area contributed by atoms with Gasteiger partial charge in [0.25, 0.3) is 0 Å². The van der Waals surface area contributed by atoms with Gasteiger partial charge in [0.15, 0.2) is 0 Å². The number of rotatable bonds is 0. The Morgan fingerprint density at radius 3 is 3.25 bits per heavy atom. The fraction of sp³-hybridized carbons (Fsp3) is 0.300. The molecule has 2 aliphatic rings. The Kier molecular flexibility index (Phi) is 1.82. The number of aliphatic imine (C=N–C) groups is 1. The van der Waals surface area contributed by atoms with Crippen molar-refractivity contribution in [2.24, 2.45) is 4.99 Å². The van der Waals surface area contributed by atoms with Gasteiger partial charge < -0.3 is 5.11 Å². The summed E-state index contributed by atoms with van der Waals surface area (Å²) in [4.78, 5) is 4.36. The summed E-state index contributed by atoms with van der Waals surface area (Å²) >= 11 is 0. The average molecular weight is 161 g/mol. The van der Waals surface area contributed by atoms with Crippen LogP contribution in [0.25, 0.3) is 0 Å². The number of aliphatic hydroxyl groups excluding tert-OH is 1. The number of hydrogen-bond donors (Lipinski definition) is 1. The highest BCUT2D eigenvalue weighted by molar-refractivity contribution is 6.04. The standard InChI is InChI=1S/C10H11NO/c12-9-5-1-3-8-4-2-6-11-10(8)7-9/h1,3-5,12H,2,6-7H2. The van der Waals surface area contributed by atoms with Crippen LogP contribution in [0.15, 0.2) is 40.6 Å². The van der Waals surface area contributed by atoms with Crippen molar-refractivity contribution in [1.29, 1.82) is 0 Å². The van der Waals surface area contributed by atoms with Gasteiger partial charge in [0.1, 0.15) is 0 Å². The molecule has 2 heteroatoms. The van der Waals surface area contributed by atoms with Crippen LogP contribution in [-0.4, -0.2) is 17.4 Å². The van der Waals surface area contributed by atoms with Crippen molar-refractivity contribution in [1.82, 2.24) is 0 Å². The molecule has 12 heavy (non-hydrogen) atoms. The molecule has 0 fully saturated rings. The van der Waals surface area contributed by atoms with Crippen molar-refractivity contribution >= 4 is 5.71 Å². The van der Waals surface area contributed by atoms with E-state index in [9.17, 15) is 5.11 Å². The second-order valence-corrected chi connectivity index (χ2v) is 2.97. The van der Waals surface area contributed by atoms with E-state index in [4.69, 9.17) is 0 Å². The van der Waals surface area contributed by atoms with E-state index in [0.29, 0.717) is 12.2 Å². The molecule has 62 valence electrons. The SMILES string of the molecule is OC1=CC=CC2=CCCN=C2C1. The maximum Gasteiger partial charge on any atom is 0.0982 e. The normalized spacial score (nSPS) is 21.8. The summed E-state index contributed by atoms with van der Waals surface area (Å²) < 4.78 is 0. The first-order chi connectivity index (χ1) is 5.86. The Morgan fingerprint density at radius 1 is 1.42 bits per heavy atom. The molecule has 1 aliphatic carbocycles. The van der Waals surface area contributed by atoms with Gasteiger partial charge in [0, 0.05) is 18.7 Å². The van der Waals surface area contributed by atoms with Gasteiger partial charge in [-0.15, -0.1) is 0 Å². The highest BCUT2D eigenvalue weighted by Crippen LogP contribution is 2.17. The lowest BCUT2D eigenvalue weighted by atomic mass is 10.0. The zero-order chi connectivity index (χ0) is 8.39. The topological polar surface area (TPSA) is 32.6 Å². The van der Waals surface area contributed by atoms with Crippen LogP contribution >= 0.6 is 0 Å². The number of dihydropyridines is 1. The number of hydrogen-bond acceptors (Lipinski definition) is 2. The van der Waals surface area contributed by atoms with E-state index in [1.165, 1.54) is 5.57 Å². The van der Waals surface area contributed by atoms with Gasteiger partial charge in [-0.05, 0) is 18.1 Å². The maximum absolute atomic E-state index is 9.33. The molecule has 0 radical (unpaired) electrons. The van der Waals surface area contributed by atoms with Crippen LogP contribution in [0.5, 0.6) is 0 Å². The van der Waals surface area contributed by atoms with Crippen LogP contribution in [0.4, 0.5) is 0 Å². The third-order valence-electron chi connectivity index (χ3n) is 2.04. The molecule has 0 aromatic carbocycles. The van der Waals surface area contributed by atoms with E-state index >= 15 is 0 Å². The van der Waals surface area contributed by atoms with Gasteiger partial charge in [-0.1, -0.05) is 18.2 Å². The minimum Gasteiger partial charge on any atom is -0.512 e. The monoisotopic (exact) mass is 161 g/mol. The highest BCUT2D eigenvalue weighted by Gasteiger charge is 2.11. The molecule has 2 nitrogen and oxygen atoms in total. The lowest BCUT2D eigenvalue weighted by Gasteiger charge is -2.09. The molecule has 0 saturated heterocycles. The van der Waals surface area contributed by atoms with Gasteiger partial charge in [0.05, 0.1) is 5.76 Å². The van der Waals surface area contributed by atoms with Gasteiger partial charge in [-0.25, -0.2) is 0 Å². The summed E-state index contributed by atoms with van der Waals surface area (Å²) in [6.07, 6.45) is 9.37. The number of aliphatic hydroxyl groups is 1. The molecule has 0 saturated carbocycles.